The molecule has 0 bridgehead atoms. The molecule has 2 aromatic carbocycles. The monoisotopic (exact) mass is 558 g/mol. The van der Waals surface area contributed by atoms with Crippen LogP contribution >= 0.6 is 0 Å². The van der Waals surface area contributed by atoms with Gasteiger partial charge in [0.1, 0.15) is 11.6 Å². The number of anilines is 1. The van der Waals surface area contributed by atoms with E-state index in [-0.39, 0.29) is 29.5 Å². The van der Waals surface area contributed by atoms with Crippen LogP contribution in [0.3, 0.4) is 0 Å². The standard InChI is InChI=1S/C34H42N2O5/c1-3-4-5-6-10-13-29(38)20-30(39)17-28(23-37)31-21-33(41-2)32(40)18-26(31)16-27-22-36-34(35)19-25(27)15-14-24-11-8-7-9-12-24/h7-9,11-12,17-19,21-22,37,40H,3-6,10,13-16,20,23H2,1-2H3,(H2,35,36). The largest absolute Gasteiger partial charge is 0.504 e. The first-order valence-corrected chi connectivity index (χ1v) is 14.4. The Bertz CT molecular complexity index is 1330. The van der Waals surface area contributed by atoms with Gasteiger partial charge in [0, 0.05) is 12.6 Å². The Morgan fingerprint density at radius 1 is 0.976 bits per heavy atom. The van der Waals surface area contributed by atoms with E-state index in [1.165, 1.54) is 18.7 Å². The molecule has 41 heavy (non-hydrogen) atoms. The van der Waals surface area contributed by atoms with Crippen LogP contribution in [0, 0.1) is 0 Å². The highest BCUT2D eigenvalue weighted by molar-refractivity contribution is 6.07. The number of unbranched alkanes of at least 4 members (excludes halogenated alkanes) is 4. The molecule has 1 aromatic heterocycles. The number of ether oxygens (including phenoxy) is 1. The first kappa shape index (κ1) is 31.6. The second kappa shape index (κ2) is 16.3. The van der Waals surface area contributed by atoms with Gasteiger partial charge in [0.15, 0.2) is 17.3 Å². The zero-order valence-corrected chi connectivity index (χ0v) is 24.2. The molecule has 0 saturated heterocycles. The molecule has 1 heterocycles. The maximum Gasteiger partial charge on any atom is 0.163 e. The summed E-state index contributed by atoms with van der Waals surface area (Å²) in [5, 5.41) is 20.9. The number of benzene rings is 2. The molecule has 7 nitrogen and oxygen atoms in total. The first-order valence-electron chi connectivity index (χ1n) is 14.4. The molecule has 0 atom stereocenters. The summed E-state index contributed by atoms with van der Waals surface area (Å²) in [5.41, 5.74) is 10.8. The zero-order valence-electron chi connectivity index (χ0n) is 24.2. The summed E-state index contributed by atoms with van der Waals surface area (Å²) in [4.78, 5) is 29.5. The summed E-state index contributed by atoms with van der Waals surface area (Å²) >= 11 is 0. The normalized spacial score (nSPS) is 11.4. The SMILES string of the molecule is CCCCCCCC(=O)CC(=O)C=C(CO)c1cc(OC)c(O)cc1Cc1cnc(N)cc1CCc1ccccc1. The van der Waals surface area contributed by atoms with E-state index in [9.17, 15) is 19.8 Å². The van der Waals surface area contributed by atoms with Gasteiger partial charge in [0.25, 0.3) is 0 Å². The second-order valence-electron chi connectivity index (χ2n) is 10.4. The molecular formula is C34H42N2O5. The number of aliphatic hydroxyl groups is 1. The molecule has 3 rings (SSSR count). The van der Waals surface area contributed by atoms with Crippen molar-refractivity contribution in [2.75, 3.05) is 19.5 Å². The fourth-order valence-electron chi connectivity index (χ4n) is 4.95. The molecule has 0 fully saturated rings. The summed E-state index contributed by atoms with van der Waals surface area (Å²) < 4.78 is 5.33. The number of hydrogen-bond acceptors (Lipinski definition) is 7. The summed E-state index contributed by atoms with van der Waals surface area (Å²) in [6.45, 7) is 1.72. The summed E-state index contributed by atoms with van der Waals surface area (Å²) in [7, 11) is 1.44. The van der Waals surface area contributed by atoms with E-state index in [0.29, 0.717) is 35.4 Å². The fraction of sp³-hybridized carbons (Fsp3) is 0.382. The topological polar surface area (TPSA) is 123 Å². The number of phenols is 1. The average molecular weight is 559 g/mol. The highest BCUT2D eigenvalue weighted by Gasteiger charge is 2.17. The highest BCUT2D eigenvalue weighted by Crippen LogP contribution is 2.34. The van der Waals surface area contributed by atoms with E-state index in [2.05, 4.69) is 24.0 Å². The van der Waals surface area contributed by atoms with E-state index in [1.807, 2.05) is 24.3 Å². The van der Waals surface area contributed by atoms with Crippen molar-refractivity contribution in [3.8, 4) is 11.5 Å². The van der Waals surface area contributed by atoms with Crippen LogP contribution in [0.25, 0.3) is 5.57 Å². The number of aromatic nitrogens is 1. The third-order valence-corrected chi connectivity index (χ3v) is 7.20. The molecule has 0 radical (unpaired) electrons. The van der Waals surface area contributed by atoms with Gasteiger partial charge < -0.3 is 20.7 Å². The summed E-state index contributed by atoms with van der Waals surface area (Å²) in [5.74, 6) is 0.134. The predicted molar refractivity (Wildman–Crippen MR) is 163 cm³/mol. The van der Waals surface area contributed by atoms with Gasteiger partial charge in [0.2, 0.25) is 0 Å². The van der Waals surface area contributed by atoms with Crippen LogP contribution in [0.4, 0.5) is 5.82 Å². The molecule has 7 heteroatoms. The number of aliphatic hydroxyl groups excluding tert-OH is 1. The molecule has 3 aromatic rings. The smallest absolute Gasteiger partial charge is 0.163 e. The molecule has 218 valence electrons. The number of nitrogens with zero attached hydrogens (tertiary/aromatic N) is 1. The van der Waals surface area contributed by atoms with E-state index in [0.717, 1.165) is 56.1 Å². The van der Waals surface area contributed by atoms with Crippen LogP contribution in [0.2, 0.25) is 0 Å². The number of Topliss-reactive ketones (excluding diaryl/α,β-unsaturated/α-hetero) is 1. The summed E-state index contributed by atoms with van der Waals surface area (Å²) in [6.07, 6.45) is 10.3. The Morgan fingerprint density at radius 3 is 2.44 bits per heavy atom. The Labute approximate surface area is 243 Å². The van der Waals surface area contributed by atoms with E-state index in [4.69, 9.17) is 10.5 Å². The van der Waals surface area contributed by atoms with Gasteiger partial charge in [0.05, 0.1) is 20.1 Å². The first-order chi connectivity index (χ1) is 19.8. The molecule has 0 spiro atoms. The van der Waals surface area contributed by atoms with Crippen LogP contribution in [0.15, 0.2) is 60.8 Å². The molecule has 0 amide bonds. The lowest BCUT2D eigenvalue weighted by Gasteiger charge is -2.17. The van der Waals surface area contributed by atoms with Crippen molar-refractivity contribution in [1.29, 1.82) is 0 Å². The van der Waals surface area contributed by atoms with E-state index < -0.39 is 6.61 Å². The van der Waals surface area contributed by atoms with Crippen LogP contribution in [-0.4, -0.2) is 40.5 Å². The van der Waals surface area contributed by atoms with Crippen LogP contribution in [0.5, 0.6) is 11.5 Å². The van der Waals surface area contributed by atoms with E-state index >= 15 is 0 Å². The number of aromatic hydroxyl groups is 1. The van der Waals surface area contributed by atoms with Crippen LogP contribution in [0.1, 0.15) is 79.7 Å². The Morgan fingerprint density at radius 2 is 1.73 bits per heavy atom. The number of ketones is 2. The molecular weight excluding hydrogens is 516 g/mol. The minimum atomic E-state index is -0.418. The number of aryl methyl sites for hydroxylation is 2. The lowest BCUT2D eigenvalue weighted by molar-refractivity contribution is -0.124. The van der Waals surface area contributed by atoms with Crippen molar-refractivity contribution >= 4 is 23.0 Å². The van der Waals surface area contributed by atoms with Crippen molar-refractivity contribution < 1.29 is 24.5 Å². The quantitative estimate of drug-likeness (QED) is 0.105. The number of nitrogens with two attached hydrogens (primary N) is 1. The van der Waals surface area contributed by atoms with Crippen molar-refractivity contribution in [3.05, 3.63) is 88.6 Å². The minimum Gasteiger partial charge on any atom is -0.504 e. The number of methoxy groups -OCH3 is 1. The van der Waals surface area contributed by atoms with Crippen molar-refractivity contribution in [2.24, 2.45) is 0 Å². The van der Waals surface area contributed by atoms with Gasteiger partial charge in [-0.15, -0.1) is 0 Å². The molecule has 4 N–H and O–H groups in total. The molecule has 0 aliphatic carbocycles. The number of allylic oxidation sites excluding steroid dienone is 1. The molecule has 0 saturated carbocycles. The molecule has 0 aliphatic rings. The van der Waals surface area contributed by atoms with Crippen LogP contribution < -0.4 is 10.5 Å². The lowest BCUT2D eigenvalue weighted by atomic mass is 9.91. The maximum absolute atomic E-state index is 12.8. The summed E-state index contributed by atoms with van der Waals surface area (Å²) in [6, 6.07) is 15.2. The molecule has 0 aliphatic heterocycles. The van der Waals surface area contributed by atoms with Gasteiger partial charge >= 0.3 is 0 Å². The van der Waals surface area contributed by atoms with Gasteiger partial charge in [-0.1, -0.05) is 62.9 Å². The fourth-order valence-corrected chi connectivity index (χ4v) is 4.95. The second-order valence-corrected chi connectivity index (χ2v) is 10.4. The third-order valence-electron chi connectivity index (χ3n) is 7.20. The van der Waals surface area contributed by atoms with Crippen molar-refractivity contribution in [1.82, 2.24) is 4.98 Å². The van der Waals surface area contributed by atoms with Crippen molar-refractivity contribution in [2.45, 2.75) is 71.1 Å². The Kier molecular flexibility index (Phi) is 12.6. The predicted octanol–water partition coefficient (Wildman–Crippen LogP) is 6.02. The number of carbonyl (C=O) groups is 2. The number of phenolic OH excluding ortho intramolecular Hbond substituents is 1. The Hall–Kier alpha value is -3.97. The lowest BCUT2D eigenvalue weighted by Crippen LogP contribution is -2.08. The van der Waals surface area contributed by atoms with Gasteiger partial charge in [-0.3, -0.25) is 9.59 Å². The van der Waals surface area contributed by atoms with Gasteiger partial charge in [-0.25, -0.2) is 4.98 Å². The number of hydrogen-bond donors (Lipinski definition) is 3. The zero-order chi connectivity index (χ0) is 29.6. The Balaban J connectivity index is 1.85. The third kappa shape index (κ3) is 9.87. The minimum absolute atomic E-state index is 0.0534. The number of carbonyl (C=O) groups excluding carboxylic acids is 2. The van der Waals surface area contributed by atoms with Crippen LogP contribution in [-0.2, 0) is 28.9 Å². The number of rotatable bonds is 17. The van der Waals surface area contributed by atoms with Gasteiger partial charge in [-0.2, -0.15) is 0 Å². The van der Waals surface area contributed by atoms with Gasteiger partial charge in [-0.05, 0) is 83.3 Å². The molecule has 0 unspecified atom stereocenters. The highest BCUT2D eigenvalue weighted by atomic mass is 16.5. The van der Waals surface area contributed by atoms with E-state index in [1.54, 1.807) is 18.3 Å². The number of pyridine rings is 1. The number of nitrogen functional groups attached to an aromatic ring is 1. The average Bonchev–Trinajstić information content (AvgIpc) is 2.96. The van der Waals surface area contributed by atoms with Crippen molar-refractivity contribution in [3.63, 3.8) is 0 Å². The maximum atomic E-state index is 12.8.